The van der Waals surface area contributed by atoms with Gasteiger partial charge in [0.15, 0.2) is 0 Å². The summed E-state index contributed by atoms with van der Waals surface area (Å²) in [4.78, 5) is 0. The Morgan fingerprint density at radius 3 is 1.93 bits per heavy atom. The summed E-state index contributed by atoms with van der Waals surface area (Å²) in [5.41, 5.74) is 2.33. The van der Waals surface area contributed by atoms with Crippen molar-refractivity contribution in [2.24, 2.45) is 0 Å². The quantitative estimate of drug-likeness (QED) is 0.706. The molecule has 15 heavy (non-hydrogen) atoms. The van der Waals surface area contributed by atoms with Gasteiger partial charge in [-0.25, -0.2) is 0 Å². The van der Waals surface area contributed by atoms with E-state index in [0.29, 0.717) is 0 Å². The number of rotatable bonds is 2. The molecule has 0 aliphatic heterocycles. The Labute approximate surface area is 90.3 Å². The molecular formula is C14H14O. The molecule has 1 heteroatoms. The number of aryl methyl sites for hydroxylation is 2. The Morgan fingerprint density at radius 1 is 0.733 bits per heavy atom. The lowest BCUT2D eigenvalue weighted by Crippen LogP contribution is -1.90. The number of benzene rings is 2. The summed E-state index contributed by atoms with van der Waals surface area (Å²) < 4.78 is 5.84. The second-order valence-corrected chi connectivity index (χ2v) is 3.64. The Morgan fingerprint density at radius 2 is 1.33 bits per heavy atom. The van der Waals surface area contributed by atoms with Gasteiger partial charge < -0.3 is 4.74 Å². The molecule has 1 nitrogen and oxygen atoms in total. The molecule has 0 aliphatic rings. The van der Waals surface area contributed by atoms with Crippen molar-refractivity contribution in [1.29, 1.82) is 0 Å². The molecule has 0 spiro atoms. The van der Waals surface area contributed by atoms with E-state index >= 15 is 0 Å². The average molecular weight is 198 g/mol. The molecule has 0 aromatic heterocycles. The van der Waals surface area contributed by atoms with Crippen molar-refractivity contribution in [1.82, 2.24) is 0 Å². The van der Waals surface area contributed by atoms with Crippen molar-refractivity contribution in [3.05, 3.63) is 59.7 Å². The van der Waals surface area contributed by atoms with Gasteiger partial charge in [0, 0.05) is 0 Å². The third-order valence-electron chi connectivity index (χ3n) is 2.37. The van der Waals surface area contributed by atoms with Crippen LogP contribution < -0.4 is 4.74 Å². The fourth-order valence-corrected chi connectivity index (χ4v) is 1.57. The topological polar surface area (TPSA) is 9.23 Å². The van der Waals surface area contributed by atoms with E-state index in [1.54, 1.807) is 0 Å². The molecule has 2 aromatic carbocycles. The molecule has 0 N–H and O–H groups in total. The second-order valence-electron chi connectivity index (χ2n) is 3.64. The lowest BCUT2D eigenvalue weighted by molar-refractivity contribution is 0.475. The molecule has 2 aromatic rings. The number of hydrogen-bond acceptors (Lipinski definition) is 1. The van der Waals surface area contributed by atoms with E-state index in [9.17, 15) is 0 Å². The Kier molecular flexibility index (Phi) is 2.72. The summed E-state index contributed by atoms with van der Waals surface area (Å²) in [5, 5.41) is 0. The molecule has 0 atom stereocenters. The summed E-state index contributed by atoms with van der Waals surface area (Å²) in [7, 11) is 0. The van der Waals surface area contributed by atoms with Gasteiger partial charge in [0.1, 0.15) is 11.5 Å². The first kappa shape index (κ1) is 9.78. The highest BCUT2D eigenvalue weighted by molar-refractivity contribution is 5.42. The molecule has 0 bridgehead atoms. The van der Waals surface area contributed by atoms with Crippen molar-refractivity contribution in [2.45, 2.75) is 13.8 Å². The molecular weight excluding hydrogens is 184 g/mol. The lowest BCUT2D eigenvalue weighted by Gasteiger charge is -2.10. The van der Waals surface area contributed by atoms with Crippen LogP contribution in [0.15, 0.2) is 48.5 Å². The van der Waals surface area contributed by atoms with Crippen LogP contribution in [-0.4, -0.2) is 0 Å². The summed E-state index contributed by atoms with van der Waals surface area (Å²) in [6.07, 6.45) is 0. The van der Waals surface area contributed by atoms with Gasteiger partial charge in [-0.3, -0.25) is 0 Å². The fraction of sp³-hybridized carbons (Fsp3) is 0.143. The van der Waals surface area contributed by atoms with Crippen LogP contribution in [-0.2, 0) is 0 Å². The van der Waals surface area contributed by atoms with E-state index in [0.717, 1.165) is 11.5 Å². The van der Waals surface area contributed by atoms with Crippen molar-refractivity contribution in [3.63, 3.8) is 0 Å². The maximum absolute atomic E-state index is 5.84. The van der Waals surface area contributed by atoms with Gasteiger partial charge >= 0.3 is 0 Å². The minimum absolute atomic E-state index is 0.884. The zero-order valence-electron chi connectivity index (χ0n) is 9.03. The third-order valence-corrected chi connectivity index (χ3v) is 2.37. The minimum atomic E-state index is 0.884. The predicted molar refractivity (Wildman–Crippen MR) is 62.4 cm³/mol. The maximum atomic E-state index is 5.84. The summed E-state index contributed by atoms with van der Waals surface area (Å²) in [6, 6.07) is 16.0. The number of hydrogen-bond donors (Lipinski definition) is 0. The average Bonchev–Trinajstić information content (AvgIpc) is 2.25. The van der Waals surface area contributed by atoms with E-state index in [4.69, 9.17) is 4.74 Å². The van der Waals surface area contributed by atoms with E-state index in [1.165, 1.54) is 11.1 Å². The molecule has 76 valence electrons. The Balaban J connectivity index is 2.32. The van der Waals surface area contributed by atoms with Gasteiger partial charge in [-0.15, -0.1) is 0 Å². The first-order chi connectivity index (χ1) is 7.27. The molecule has 0 saturated heterocycles. The first-order valence-electron chi connectivity index (χ1n) is 5.06. The van der Waals surface area contributed by atoms with E-state index in [1.807, 2.05) is 36.4 Å². The van der Waals surface area contributed by atoms with Gasteiger partial charge in [-0.2, -0.15) is 0 Å². The van der Waals surface area contributed by atoms with E-state index in [2.05, 4.69) is 26.0 Å². The SMILES string of the molecule is Cc1cccc(C)c1Oc1ccccc1. The summed E-state index contributed by atoms with van der Waals surface area (Å²) in [5.74, 6) is 1.85. The van der Waals surface area contributed by atoms with Crippen LogP contribution in [0.1, 0.15) is 11.1 Å². The van der Waals surface area contributed by atoms with Gasteiger partial charge in [0.2, 0.25) is 0 Å². The molecule has 0 saturated carbocycles. The van der Waals surface area contributed by atoms with Crippen LogP contribution in [0, 0.1) is 13.8 Å². The summed E-state index contributed by atoms with van der Waals surface area (Å²) in [6.45, 7) is 4.12. The smallest absolute Gasteiger partial charge is 0.133 e. The molecule has 0 heterocycles. The van der Waals surface area contributed by atoms with Gasteiger partial charge in [0.25, 0.3) is 0 Å². The van der Waals surface area contributed by atoms with Crippen molar-refractivity contribution in [2.75, 3.05) is 0 Å². The van der Waals surface area contributed by atoms with Gasteiger partial charge in [-0.1, -0.05) is 36.4 Å². The maximum Gasteiger partial charge on any atom is 0.133 e. The standard InChI is InChI=1S/C14H14O/c1-11-7-6-8-12(2)14(11)15-13-9-4-3-5-10-13/h3-10H,1-2H3. The van der Waals surface area contributed by atoms with E-state index < -0.39 is 0 Å². The fourth-order valence-electron chi connectivity index (χ4n) is 1.57. The Bertz CT molecular complexity index is 426. The molecule has 0 radical (unpaired) electrons. The normalized spacial score (nSPS) is 10.0. The number of para-hydroxylation sites is 2. The van der Waals surface area contributed by atoms with Crippen molar-refractivity contribution < 1.29 is 4.74 Å². The van der Waals surface area contributed by atoms with Crippen LogP contribution >= 0.6 is 0 Å². The minimum Gasteiger partial charge on any atom is -0.457 e. The van der Waals surface area contributed by atoms with Crippen LogP contribution in [0.2, 0.25) is 0 Å². The Hall–Kier alpha value is -1.76. The van der Waals surface area contributed by atoms with Gasteiger partial charge in [-0.05, 0) is 37.1 Å². The number of ether oxygens (including phenoxy) is 1. The predicted octanol–water partition coefficient (Wildman–Crippen LogP) is 4.10. The monoisotopic (exact) mass is 198 g/mol. The van der Waals surface area contributed by atoms with Crippen molar-refractivity contribution in [3.8, 4) is 11.5 Å². The van der Waals surface area contributed by atoms with Gasteiger partial charge in [0.05, 0.1) is 0 Å². The third kappa shape index (κ3) is 2.18. The molecule has 2 rings (SSSR count). The van der Waals surface area contributed by atoms with Crippen LogP contribution in [0.4, 0.5) is 0 Å². The largest absolute Gasteiger partial charge is 0.457 e. The summed E-state index contributed by atoms with van der Waals surface area (Å²) >= 11 is 0. The van der Waals surface area contributed by atoms with Crippen LogP contribution in [0.25, 0.3) is 0 Å². The molecule has 0 aliphatic carbocycles. The van der Waals surface area contributed by atoms with Crippen molar-refractivity contribution >= 4 is 0 Å². The molecule has 0 amide bonds. The lowest BCUT2D eigenvalue weighted by atomic mass is 10.1. The zero-order valence-corrected chi connectivity index (χ0v) is 9.03. The van der Waals surface area contributed by atoms with E-state index in [-0.39, 0.29) is 0 Å². The highest BCUT2D eigenvalue weighted by Crippen LogP contribution is 2.27. The first-order valence-corrected chi connectivity index (χ1v) is 5.06. The zero-order chi connectivity index (χ0) is 10.7. The van der Waals surface area contributed by atoms with Crippen LogP contribution in [0.3, 0.4) is 0 Å². The second kappa shape index (κ2) is 4.18. The molecule has 0 fully saturated rings. The van der Waals surface area contributed by atoms with Crippen LogP contribution in [0.5, 0.6) is 11.5 Å². The highest BCUT2D eigenvalue weighted by Gasteiger charge is 2.03. The highest BCUT2D eigenvalue weighted by atomic mass is 16.5. The molecule has 0 unspecified atom stereocenters.